The number of aromatic nitrogens is 1. The number of nitrogens with one attached hydrogen (secondary N) is 1. The lowest BCUT2D eigenvalue weighted by molar-refractivity contribution is 0.0281. The van der Waals surface area contributed by atoms with Crippen molar-refractivity contribution in [3.8, 4) is 0 Å². The van der Waals surface area contributed by atoms with E-state index < -0.39 is 0 Å². The fourth-order valence-electron chi connectivity index (χ4n) is 2.20. The second-order valence-electron chi connectivity index (χ2n) is 4.30. The molecule has 0 aliphatic heterocycles. The van der Waals surface area contributed by atoms with Gasteiger partial charge in [0.1, 0.15) is 5.82 Å². The van der Waals surface area contributed by atoms with Crippen LogP contribution in [-0.4, -0.2) is 24.2 Å². The Labute approximate surface area is 110 Å². The number of rotatable bonds is 8. The lowest BCUT2D eigenvalue weighted by Crippen LogP contribution is -2.34. The molecule has 0 amide bonds. The molecule has 1 aromatic heterocycles. The second-order valence-corrected chi connectivity index (χ2v) is 4.30. The number of hydrogen-bond acceptors (Lipinski definition) is 4. The van der Waals surface area contributed by atoms with Crippen molar-refractivity contribution in [1.82, 2.24) is 10.3 Å². The van der Waals surface area contributed by atoms with Gasteiger partial charge in [0.25, 0.3) is 0 Å². The maximum atomic E-state index is 5.98. The van der Waals surface area contributed by atoms with Gasteiger partial charge in [-0.1, -0.05) is 26.3 Å². The van der Waals surface area contributed by atoms with Gasteiger partial charge in [0.05, 0.1) is 12.1 Å². The third-order valence-corrected chi connectivity index (χ3v) is 2.96. The van der Waals surface area contributed by atoms with Crippen LogP contribution in [-0.2, 0) is 4.74 Å². The van der Waals surface area contributed by atoms with Crippen LogP contribution in [0.2, 0.25) is 0 Å². The molecule has 0 spiro atoms. The lowest BCUT2D eigenvalue weighted by Gasteiger charge is -2.28. The molecule has 0 radical (unpaired) electrons. The monoisotopic (exact) mass is 251 g/mol. The van der Waals surface area contributed by atoms with Crippen molar-refractivity contribution in [3.63, 3.8) is 0 Å². The van der Waals surface area contributed by atoms with E-state index in [4.69, 9.17) is 10.5 Å². The quantitative estimate of drug-likeness (QED) is 0.745. The second kappa shape index (κ2) is 8.06. The lowest BCUT2D eigenvalue weighted by atomic mass is 9.98. The van der Waals surface area contributed by atoms with Gasteiger partial charge in [-0.3, -0.25) is 0 Å². The van der Waals surface area contributed by atoms with Crippen molar-refractivity contribution in [2.75, 3.05) is 18.9 Å². The number of nitrogens with two attached hydrogens (primary N) is 1. The smallest absolute Gasteiger partial charge is 0.128 e. The number of anilines is 1. The molecule has 0 saturated carbocycles. The zero-order chi connectivity index (χ0) is 13.4. The molecule has 1 aromatic rings. The highest BCUT2D eigenvalue weighted by atomic mass is 16.5. The molecule has 102 valence electrons. The molecule has 18 heavy (non-hydrogen) atoms. The number of likely N-dealkylation sites (N-methyl/N-ethyl adjacent to an activating group) is 1. The van der Waals surface area contributed by atoms with Gasteiger partial charge < -0.3 is 15.8 Å². The predicted molar refractivity (Wildman–Crippen MR) is 75.4 cm³/mol. The normalized spacial score (nSPS) is 14.4. The fraction of sp³-hybridized carbons (Fsp3) is 0.643. The molecule has 4 heteroatoms. The molecule has 1 heterocycles. The Morgan fingerprint density at radius 3 is 2.72 bits per heavy atom. The minimum absolute atomic E-state index is 0.114. The highest BCUT2D eigenvalue weighted by Gasteiger charge is 2.24. The van der Waals surface area contributed by atoms with E-state index in [9.17, 15) is 0 Å². The van der Waals surface area contributed by atoms with E-state index in [-0.39, 0.29) is 12.1 Å². The third-order valence-electron chi connectivity index (χ3n) is 2.96. The van der Waals surface area contributed by atoms with E-state index in [2.05, 4.69) is 24.1 Å². The maximum Gasteiger partial charge on any atom is 0.128 e. The molecule has 1 rings (SSSR count). The van der Waals surface area contributed by atoms with Gasteiger partial charge in [0.15, 0.2) is 0 Å². The van der Waals surface area contributed by atoms with Crippen LogP contribution in [0.1, 0.15) is 45.2 Å². The van der Waals surface area contributed by atoms with Gasteiger partial charge in [-0.15, -0.1) is 0 Å². The number of ether oxygens (including phenoxy) is 1. The highest BCUT2D eigenvalue weighted by Crippen LogP contribution is 2.25. The number of nitrogens with zero attached hydrogens (tertiary/aromatic N) is 1. The van der Waals surface area contributed by atoms with Crippen LogP contribution < -0.4 is 11.1 Å². The van der Waals surface area contributed by atoms with Crippen molar-refractivity contribution in [2.45, 2.75) is 45.8 Å². The summed E-state index contributed by atoms with van der Waals surface area (Å²) < 4.78 is 5.86. The van der Waals surface area contributed by atoms with Gasteiger partial charge in [-0.05, 0) is 26.0 Å². The molecular formula is C14H25N3O. The Morgan fingerprint density at radius 2 is 2.17 bits per heavy atom. The van der Waals surface area contributed by atoms with E-state index in [1.165, 1.54) is 0 Å². The zero-order valence-electron chi connectivity index (χ0n) is 11.6. The van der Waals surface area contributed by atoms with E-state index in [1.807, 2.05) is 19.1 Å². The summed E-state index contributed by atoms with van der Waals surface area (Å²) in [6, 6.07) is 4.06. The number of nitrogen functional groups attached to an aromatic ring is 1. The molecule has 4 nitrogen and oxygen atoms in total. The van der Waals surface area contributed by atoms with Crippen molar-refractivity contribution >= 4 is 5.82 Å². The van der Waals surface area contributed by atoms with Crippen LogP contribution in [0.15, 0.2) is 18.3 Å². The van der Waals surface area contributed by atoms with Crippen molar-refractivity contribution in [3.05, 3.63) is 23.9 Å². The first-order valence-corrected chi connectivity index (χ1v) is 6.79. The van der Waals surface area contributed by atoms with Crippen molar-refractivity contribution in [2.24, 2.45) is 0 Å². The summed E-state index contributed by atoms with van der Waals surface area (Å²) in [4.78, 5) is 4.17. The molecular weight excluding hydrogens is 226 g/mol. The van der Waals surface area contributed by atoms with Gasteiger partial charge in [0, 0.05) is 18.4 Å². The topological polar surface area (TPSA) is 60.2 Å². The molecule has 0 saturated heterocycles. The Balaban J connectivity index is 2.95. The summed E-state index contributed by atoms with van der Waals surface area (Å²) in [7, 11) is 0. The van der Waals surface area contributed by atoms with Crippen molar-refractivity contribution < 1.29 is 4.74 Å². The third kappa shape index (κ3) is 3.96. The zero-order valence-corrected chi connectivity index (χ0v) is 11.6. The Morgan fingerprint density at radius 1 is 1.39 bits per heavy atom. The number of hydrogen-bond donors (Lipinski definition) is 2. The molecule has 0 bridgehead atoms. The molecule has 0 aliphatic rings. The van der Waals surface area contributed by atoms with Gasteiger partial charge in [-0.2, -0.15) is 0 Å². The summed E-state index contributed by atoms with van der Waals surface area (Å²) in [6.45, 7) is 7.88. The maximum absolute atomic E-state index is 5.98. The Hall–Kier alpha value is -1.13. The van der Waals surface area contributed by atoms with Gasteiger partial charge >= 0.3 is 0 Å². The first-order valence-electron chi connectivity index (χ1n) is 6.79. The standard InChI is InChI=1S/C14H25N3O/c1-4-8-12(18-6-3)13(16-5-2)11-9-7-10-17-14(11)15/h7,9-10,12-13,16H,4-6,8H2,1-3H3,(H2,15,17). The van der Waals surface area contributed by atoms with Crippen LogP contribution in [0, 0.1) is 0 Å². The summed E-state index contributed by atoms with van der Waals surface area (Å²) in [6.07, 6.45) is 3.97. The Bertz CT molecular complexity index is 338. The van der Waals surface area contributed by atoms with Crippen LogP contribution in [0.3, 0.4) is 0 Å². The molecule has 3 N–H and O–H groups in total. The van der Waals surface area contributed by atoms with E-state index >= 15 is 0 Å². The van der Waals surface area contributed by atoms with E-state index in [1.54, 1.807) is 6.20 Å². The average Bonchev–Trinajstić information content (AvgIpc) is 2.37. The summed E-state index contributed by atoms with van der Waals surface area (Å²) in [5.74, 6) is 0.587. The van der Waals surface area contributed by atoms with Crippen LogP contribution >= 0.6 is 0 Å². The average molecular weight is 251 g/mol. The van der Waals surface area contributed by atoms with Crippen LogP contribution in [0.25, 0.3) is 0 Å². The van der Waals surface area contributed by atoms with E-state index in [0.717, 1.165) is 24.9 Å². The summed E-state index contributed by atoms with van der Waals surface area (Å²) in [5, 5.41) is 3.46. The van der Waals surface area contributed by atoms with E-state index in [0.29, 0.717) is 12.4 Å². The summed E-state index contributed by atoms with van der Waals surface area (Å²) >= 11 is 0. The minimum atomic E-state index is 0.114. The van der Waals surface area contributed by atoms with Gasteiger partial charge in [-0.25, -0.2) is 4.98 Å². The first-order chi connectivity index (χ1) is 8.74. The van der Waals surface area contributed by atoms with Crippen LogP contribution in [0.4, 0.5) is 5.82 Å². The molecule has 2 atom stereocenters. The highest BCUT2D eigenvalue weighted by molar-refractivity contribution is 5.41. The SMILES string of the molecule is CCCC(OCC)C(NCC)c1cccnc1N. The van der Waals surface area contributed by atoms with Gasteiger partial charge in [0.2, 0.25) is 0 Å². The molecule has 0 aliphatic carbocycles. The largest absolute Gasteiger partial charge is 0.383 e. The molecule has 0 aromatic carbocycles. The van der Waals surface area contributed by atoms with Crippen molar-refractivity contribution in [1.29, 1.82) is 0 Å². The Kier molecular flexibility index (Phi) is 6.68. The minimum Gasteiger partial charge on any atom is -0.383 e. The molecule has 2 unspecified atom stereocenters. The fourth-order valence-corrected chi connectivity index (χ4v) is 2.20. The number of pyridine rings is 1. The predicted octanol–water partition coefficient (Wildman–Crippen LogP) is 2.52. The summed E-state index contributed by atoms with van der Waals surface area (Å²) in [5.41, 5.74) is 7.01. The first kappa shape index (κ1) is 14.9. The molecule has 0 fully saturated rings. The van der Waals surface area contributed by atoms with Crippen LogP contribution in [0.5, 0.6) is 0 Å².